The van der Waals surface area contributed by atoms with Crippen LogP contribution in [-0.4, -0.2) is 21.4 Å². The van der Waals surface area contributed by atoms with Crippen LogP contribution in [0.3, 0.4) is 0 Å². The fraction of sp³-hybridized carbons (Fsp3) is 0.115. The van der Waals surface area contributed by atoms with Gasteiger partial charge in [-0.1, -0.05) is 43.6 Å². The van der Waals surface area contributed by atoms with E-state index < -0.39 is 0 Å². The van der Waals surface area contributed by atoms with Crippen LogP contribution in [0.1, 0.15) is 35.3 Å². The number of carbonyl (C=O) groups is 1. The zero-order valence-electron chi connectivity index (χ0n) is 17.7. The van der Waals surface area contributed by atoms with Crippen LogP contribution in [0.4, 0.5) is 11.4 Å². The first-order valence-electron chi connectivity index (χ1n) is 10.3. The molecule has 5 rings (SSSR count). The Morgan fingerprint density at radius 3 is 2.41 bits per heavy atom. The van der Waals surface area contributed by atoms with E-state index in [2.05, 4.69) is 30.3 Å². The third-order valence-corrected chi connectivity index (χ3v) is 6.01. The lowest BCUT2D eigenvalue weighted by molar-refractivity contribution is 0.102. The minimum atomic E-state index is -0.186. The topological polar surface area (TPSA) is 59.3 Å². The average molecular weight is 441 g/mol. The normalized spacial score (nSPS) is 14.0. The number of anilines is 1. The van der Waals surface area contributed by atoms with Crippen molar-refractivity contribution in [2.45, 2.75) is 19.3 Å². The molecule has 1 aliphatic heterocycles. The fourth-order valence-electron chi connectivity index (χ4n) is 4.00. The molecule has 2 heterocycles. The molecule has 1 aromatic heterocycles. The highest BCUT2D eigenvalue weighted by molar-refractivity contribution is 6.30. The third-order valence-electron chi connectivity index (χ3n) is 5.75. The molecule has 0 saturated heterocycles. The highest BCUT2D eigenvalue weighted by Crippen LogP contribution is 2.41. The smallest absolute Gasteiger partial charge is 0.255 e. The molecule has 0 aliphatic carbocycles. The van der Waals surface area contributed by atoms with Crippen LogP contribution in [0.2, 0.25) is 5.02 Å². The lowest BCUT2D eigenvalue weighted by Crippen LogP contribution is -2.26. The van der Waals surface area contributed by atoms with Gasteiger partial charge in [0.2, 0.25) is 0 Å². The summed E-state index contributed by atoms with van der Waals surface area (Å²) in [7, 11) is 0. The molecule has 1 amide bonds. The Hall–Kier alpha value is -3.70. The monoisotopic (exact) mass is 440 g/mol. The number of nitrogens with zero attached hydrogens (tertiary/aromatic N) is 3. The number of halogens is 1. The molecule has 0 spiro atoms. The molecule has 0 atom stereocenters. The molecule has 32 heavy (non-hydrogen) atoms. The summed E-state index contributed by atoms with van der Waals surface area (Å²) in [5.41, 5.74) is 6.16. The second-order valence-corrected chi connectivity index (χ2v) is 8.72. The Balaban J connectivity index is 1.35. The fourth-order valence-corrected chi connectivity index (χ4v) is 4.13. The summed E-state index contributed by atoms with van der Waals surface area (Å²) in [6, 6.07) is 22.6. The lowest BCUT2D eigenvalue weighted by Gasteiger charge is -2.21. The maximum Gasteiger partial charge on any atom is 0.255 e. The van der Waals surface area contributed by atoms with E-state index in [1.165, 1.54) is 5.56 Å². The molecule has 3 aromatic carbocycles. The van der Waals surface area contributed by atoms with E-state index in [1.54, 1.807) is 41.1 Å². The van der Waals surface area contributed by atoms with Crippen LogP contribution in [0.15, 0.2) is 90.2 Å². The van der Waals surface area contributed by atoms with Crippen molar-refractivity contribution < 1.29 is 4.79 Å². The Morgan fingerprint density at radius 1 is 0.969 bits per heavy atom. The van der Waals surface area contributed by atoms with Gasteiger partial charge in [-0.25, -0.2) is 4.68 Å². The van der Waals surface area contributed by atoms with Gasteiger partial charge in [0.1, 0.15) is 0 Å². The van der Waals surface area contributed by atoms with Gasteiger partial charge < -0.3 is 5.32 Å². The molecule has 4 aromatic rings. The number of nitrogens with one attached hydrogen (secondary N) is 1. The molecule has 158 valence electrons. The highest BCUT2D eigenvalue weighted by Gasteiger charge is 2.36. The summed E-state index contributed by atoms with van der Waals surface area (Å²) in [5, 5.41) is 8.03. The molecule has 0 bridgehead atoms. The van der Waals surface area contributed by atoms with Gasteiger partial charge in [-0.05, 0) is 60.2 Å². The maximum atomic E-state index is 12.5. The van der Waals surface area contributed by atoms with E-state index in [4.69, 9.17) is 16.6 Å². The first-order valence-corrected chi connectivity index (χ1v) is 10.7. The summed E-state index contributed by atoms with van der Waals surface area (Å²) in [5.74, 6) is -0.181. The summed E-state index contributed by atoms with van der Waals surface area (Å²) in [4.78, 5) is 17.4. The Kier molecular flexibility index (Phi) is 4.91. The summed E-state index contributed by atoms with van der Waals surface area (Å²) < 4.78 is 1.80. The number of para-hydroxylation sites is 1. The van der Waals surface area contributed by atoms with Crippen LogP contribution < -0.4 is 5.32 Å². The predicted molar refractivity (Wildman–Crippen MR) is 129 cm³/mol. The Morgan fingerprint density at radius 2 is 1.69 bits per heavy atom. The van der Waals surface area contributed by atoms with Gasteiger partial charge in [-0.2, -0.15) is 5.10 Å². The van der Waals surface area contributed by atoms with Crippen molar-refractivity contribution in [3.8, 4) is 5.69 Å². The number of benzene rings is 3. The standard InChI is InChI=1S/C26H21ClN4O/c1-26(2)22-5-3-4-6-23(22)30-24(26)18-15-28-31(16-18)21-13-7-17(8-14-21)25(32)29-20-11-9-19(27)10-12-20/h3-16H,1-2H3,(H,29,32). The van der Waals surface area contributed by atoms with Crippen LogP contribution in [-0.2, 0) is 5.41 Å². The average Bonchev–Trinajstić information content (AvgIpc) is 3.38. The molecular formula is C26H21ClN4O. The van der Waals surface area contributed by atoms with E-state index in [-0.39, 0.29) is 11.3 Å². The van der Waals surface area contributed by atoms with E-state index in [9.17, 15) is 4.79 Å². The number of rotatable bonds is 4. The molecule has 1 N–H and O–H groups in total. The van der Waals surface area contributed by atoms with Crippen molar-refractivity contribution >= 4 is 34.6 Å². The van der Waals surface area contributed by atoms with E-state index >= 15 is 0 Å². The van der Waals surface area contributed by atoms with Crippen LogP contribution in [0.5, 0.6) is 0 Å². The number of carbonyl (C=O) groups excluding carboxylic acids is 1. The van der Waals surface area contributed by atoms with Crippen molar-refractivity contribution in [2.24, 2.45) is 4.99 Å². The van der Waals surface area contributed by atoms with Gasteiger partial charge >= 0.3 is 0 Å². The highest BCUT2D eigenvalue weighted by atomic mass is 35.5. The SMILES string of the molecule is CC1(C)C(c2cnn(-c3ccc(C(=O)Nc4ccc(Cl)cc4)cc3)c2)=Nc2ccccc21. The zero-order chi connectivity index (χ0) is 22.3. The number of hydrogen-bond acceptors (Lipinski definition) is 3. The first-order chi connectivity index (χ1) is 15.4. The number of aliphatic imine (C=N–C) groups is 1. The van der Waals surface area contributed by atoms with Crippen LogP contribution >= 0.6 is 11.6 Å². The molecule has 6 heteroatoms. The van der Waals surface area contributed by atoms with E-state index in [1.807, 2.05) is 42.7 Å². The third kappa shape index (κ3) is 3.61. The van der Waals surface area contributed by atoms with Crippen molar-refractivity contribution in [2.75, 3.05) is 5.32 Å². The van der Waals surface area contributed by atoms with Crippen molar-refractivity contribution in [1.82, 2.24) is 9.78 Å². The van der Waals surface area contributed by atoms with Gasteiger partial charge in [0.15, 0.2) is 0 Å². The second-order valence-electron chi connectivity index (χ2n) is 8.28. The van der Waals surface area contributed by atoms with Crippen LogP contribution in [0.25, 0.3) is 5.69 Å². The first kappa shape index (κ1) is 20.2. The van der Waals surface area contributed by atoms with Gasteiger partial charge in [0.25, 0.3) is 5.91 Å². The van der Waals surface area contributed by atoms with Crippen molar-refractivity contribution in [1.29, 1.82) is 0 Å². The van der Waals surface area contributed by atoms with Gasteiger partial charge in [0.05, 0.1) is 23.3 Å². The largest absolute Gasteiger partial charge is 0.322 e. The number of aromatic nitrogens is 2. The van der Waals surface area contributed by atoms with E-state index in [0.29, 0.717) is 16.3 Å². The van der Waals surface area contributed by atoms with E-state index in [0.717, 1.165) is 22.6 Å². The van der Waals surface area contributed by atoms with Crippen molar-refractivity contribution in [3.05, 3.63) is 107 Å². The minimum Gasteiger partial charge on any atom is -0.322 e. The Labute approximate surface area is 191 Å². The molecule has 1 aliphatic rings. The summed E-state index contributed by atoms with van der Waals surface area (Å²) in [6.45, 7) is 4.37. The molecule has 0 saturated carbocycles. The number of fused-ring (bicyclic) bond motifs is 1. The quantitative estimate of drug-likeness (QED) is 0.411. The molecular weight excluding hydrogens is 420 g/mol. The summed E-state index contributed by atoms with van der Waals surface area (Å²) in [6.07, 6.45) is 3.82. The molecule has 0 unspecified atom stereocenters. The van der Waals surface area contributed by atoms with Gasteiger partial charge in [-0.15, -0.1) is 0 Å². The summed E-state index contributed by atoms with van der Waals surface area (Å²) >= 11 is 5.89. The van der Waals surface area contributed by atoms with Gasteiger partial charge in [0, 0.05) is 33.4 Å². The maximum absolute atomic E-state index is 12.5. The lowest BCUT2D eigenvalue weighted by atomic mass is 9.80. The zero-order valence-corrected chi connectivity index (χ0v) is 18.5. The minimum absolute atomic E-state index is 0.181. The van der Waals surface area contributed by atoms with Gasteiger partial charge in [-0.3, -0.25) is 9.79 Å². The number of amides is 1. The second kappa shape index (κ2) is 7.77. The van der Waals surface area contributed by atoms with Crippen LogP contribution in [0, 0.1) is 0 Å². The molecule has 0 radical (unpaired) electrons. The molecule has 0 fully saturated rings. The van der Waals surface area contributed by atoms with Crippen molar-refractivity contribution in [3.63, 3.8) is 0 Å². The Bertz CT molecular complexity index is 1340. The number of hydrogen-bond donors (Lipinski definition) is 1. The molecule has 5 nitrogen and oxygen atoms in total. The predicted octanol–water partition coefficient (Wildman–Crippen LogP) is 6.19.